The fourth-order valence-electron chi connectivity index (χ4n) is 3.17. The van der Waals surface area contributed by atoms with Crippen molar-refractivity contribution in [3.63, 3.8) is 0 Å². The van der Waals surface area contributed by atoms with E-state index in [-0.39, 0.29) is 5.78 Å². The summed E-state index contributed by atoms with van der Waals surface area (Å²) < 4.78 is 0. The van der Waals surface area contributed by atoms with Gasteiger partial charge in [0.1, 0.15) is 5.65 Å². The molecular weight excluding hydrogens is 380 g/mol. The van der Waals surface area contributed by atoms with E-state index in [0.717, 1.165) is 38.1 Å². The molecule has 0 bridgehead atoms. The molecule has 0 aliphatic carbocycles. The number of benzene rings is 2. The predicted molar refractivity (Wildman–Crippen MR) is 110 cm³/mol. The zero-order valence-electron chi connectivity index (χ0n) is 14.0. The van der Waals surface area contributed by atoms with Crippen LogP contribution in [0, 0.1) is 0 Å². The monoisotopic (exact) mass is 392 g/mol. The molecule has 0 aliphatic rings. The summed E-state index contributed by atoms with van der Waals surface area (Å²) in [5.41, 5.74) is 4.14. The number of pyridine rings is 1. The van der Waals surface area contributed by atoms with Crippen LogP contribution in [0.1, 0.15) is 10.4 Å². The van der Waals surface area contributed by atoms with Gasteiger partial charge < -0.3 is 9.97 Å². The smallest absolute Gasteiger partial charge is 0.173 e. The van der Waals surface area contributed by atoms with Crippen LogP contribution in [0.15, 0.2) is 59.9 Å². The second-order valence-corrected chi connectivity index (χ2v) is 7.54. The Morgan fingerprint density at radius 3 is 2.85 bits per heavy atom. The van der Waals surface area contributed by atoms with E-state index in [9.17, 15) is 4.79 Å². The van der Waals surface area contributed by atoms with Gasteiger partial charge in [-0.25, -0.2) is 9.97 Å². The zero-order valence-corrected chi connectivity index (χ0v) is 15.6. The van der Waals surface area contributed by atoms with Crippen molar-refractivity contribution in [3.05, 3.63) is 65.3 Å². The molecule has 0 unspecified atom stereocenters. The number of H-pyrrole nitrogens is 2. The van der Waals surface area contributed by atoms with Crippen molar-refractivity contribution in [1.82, 2.24) is 19.9 Å². The van der Waals surface area contributed by atoms with Gasteiger partial charge in [0.15, 0.2) is 10.9 Å². The topological polar surface area (TPSA) is 74.4 Å². The number of imidazole rings is 1. The highest BCUT2D eigenvalue weighted by molar-refractivity contribution is 7.99. The highest BCUT2D eigenvalue weighted by Gasteiger charge is 2.13. The third kappa shape index (κ3) is 2.87. The number of aromatic amines is 2. The standard InChI is InChI=1S/C20H13ClN4OS/c21-13-7-8-22-19-18(13)12-9-11(5-6-14(12)23-19)17(26)10-27-20-24-15-3-1-2-4-16(15)25-20/h1-9H,10H2,(H,22,23)(H,24,25). The van der Waals surface area contributed by atoms with Gasteiger partial charge in [-0.1, -0.05) is 35.5 Å². The van der Waals surface area contributed by atoms with Crippen LogP contribution < -0.4 is 0 Å². The average molecular weight is 393 g/mol. The molecule has 3 heterocycles. The van der Waals surface area contributed by atoms with Gasteiger partial charge in [-0.2, -0.15) is 0 Å². The van der Waals surface area contributed by atoms with E-state index in [1.165, 1.54) is 11.8 Å². The Morgan fingerprint density at radius 1 is 1.07 bits per heavy atom. The summed E-state index contributed by atoms with van der Waals surface area (Å²) in [5.74, 6) is 0.344. The first-order valence-electron chi connectivity index (χ1n) is 8.36. The lowest BCUT2D eigenvalue weighted by molar-refractivity contribution is 0.102. The number of nitrogens with one attached hydrogen (secondary N) is 2. The summed E-state index contributed by atoms with van der Waals surface area (Å²) in [6.07, 6.45) is 1.66. The van der Waals surface area contributed by atoms with Gasteiger partial charge in [0, 0.05) is 28.0 Å². The molecule has 2 N–H and O–H groups in total. The summed E-state index contributed by atoms with van der Waals surface area (Å²) in [4.78, 5) is 28.0. The van der Waals surface area contributed by atoms with Gasteiger partial charge in [-0.15, -0.1) is 0 Å². The van der Waals surface area contributed by atoms with Crippen molar-refractivity contribution in [2.75, 3.05) is 5.75 Å². The molecular formula is C20H13ClN4OS. The maximum Gasteiger partial charge on any atom is 0.173 e. The molecule has 0 fully saturated rings. The van der Waals surface area contributed by atoms with Crippen molar-refractivity contribution in [3.8, 4) is 0 Å². The van der Waals surface area contributed by atoms with E-state index in [2.05, 4.69) is 19.9 Å². The Labute approximate surface area is 163 Å². The van der Waals surface area contributed by atoms with Crippen molar-refractivity contribution < 1.29 is 4.79 Å². The van der Waals surface area contributed by atoms with Crippen molar-refractivity contribution in [1.29, 1.82) is 0 Å². The van der Waals surface area contributed by atoms with E-state index in [4.69, 9.17) is 11.6 Å². The number of fused-ring (bicyclic) bond motifs is 4. The number of aromatic nitrogens is 4. The van der Waals surface area contributed by atoms with Gasteiger partial charge >= 0.3 is 0 Å². The van der Waals surface area contributed by atoms with Gasteiger partial charge in [-0.05, 0) is 36.4 Å². The summed E-state index contributed by atoms with van der Waals surface area (Å²) in [7, 11) is 0. The maximum atomic E-state index is 12.7. The highest BCUT2D eigenvalue weighted by atomic mass is 35.5. The first-order chi connectivity index (χ1) is 13.2. The van der Waals surface area contributed by atoms with Gasteiger partial charge in [-0.3, -0.25) is 4.79 Å². The first kappa shape index (κ1) is 16.4. The van der Waals surface area contributed by atoms with Crippen LogP contribution in [0.5, 0.6) is 0 Å². The third-order valence-electron chi connectivity index (χ3n) is 4.47. The molecule has 0 saturated heterocycles. The van der Waals surface area contributed by atoms with Crippen molar-refractivity contribution >= 4 is 62.1 Å². The van der Waals surface area contributed by atoms with Gasteiger partial charge in [0.25, 0.3) is 0 Å². The molecule has 5 nitrogen and oxygen atoms in total. The lowest BCUT2D eigenvalue weighted by Gasteiger charge is -2.01. The quantitative estimate of drug-likeness (QED) is 0.325. The Bertz CT molecular complexity index is 1290. The fraction of sp³-hybridized carbons (Fsp3) is 0.0500. The second-order valence-electron chi connectivity index (χ2n) is 6.17. The minimum atomic E-state index is 0.0386. The van der Waals surface area contributed by atoms with Crippen LogP contribution in [0.3, 0.4) is 0 Å². The predicted octanol–water partition coefficient (Wildman–Crippen LogP) is 5.22. The third-order valence-corrected chi connectivity index (χ3v) is 5.66. The molecule has 0 spiro atoms. The number of rotatable bonds is 4. The SMILES string of the molecule is O=C(CSc1nc2ccccc2[nH]1)c1ccc2[nH]c3nccc(Cl)c3c2c1. The van der Waals surface area contributed by atoms with E-state index >= 15 is 0 Å². The molecule has 5 rings (SSSR count). The largest absolute Gasteiger partial charge is 0.339 e. The number of thioether (sulfide) groups is 1. The number of carbonyl (C=O) groups excluding carboxylic acids is 1. The minimum absolute atomic E-state index is 0.0386. The lowest BCUT2D eigenvalue weighted by Crippen LogP contribution is -2.02. The molecule has 0 amide bonds. The number of hydrogen-bond acceptors (Lipinski definition) is 4. The molecule has 3 aromatic heterocycles. The van der Waals surface area contributed by atoms with Crippen molar-refractivity contribution in [2.45, 2.75) is 5.16 Å². The van der Waals surface area contributed by atoms with E-state index in [1.54, 1.807) is 12.3 Å². The van der Waals surface area contributed by atoms with E-state index in [0.29, 0.717) is 16.3 Å². The van der Waals surface area contributed by atoms with E-state index in [1.807, 2.05) is 42.5 Å². The summed E-state index contributed by atoms with van der Waals surface area (Å²) in [6, 6.07) is 15.2. The lowest BCUT2D eigenvalue weighted by atomic mass is 10.1. The minimum Gasteiger partial charge on any atom is -0.339 e. The Morgan fingerprint density at radius 2 is 1.96 bits per heavy atom. The second kappa shape index (κ2) is 6.40. The van der Waals surface area contributed by atoms with Gasteiger partial charge in [0.05, 0.1) is 21.8 Å². The van der Waals surface area contributed by atoms with Crippen LogP contribution in [-0.4, -0.2) is 31.5 Å². The molecule has 2 aromatic carbocycles. The number of nitrogens with zero attached hydrogens (tertiary/aromatic N) is 2. The average Bonchev–Trinajstić information content (AvgIpc) is 3.26. The van der Waals surface area contributed by atoms with Crippen LogP contribution in [0.4, 0.5) is 0 Å². The van der Waals surface area contributed by atoms with Crippen LogP contribution >= 0.6 is 23.4 Å². The molecule has 132 valence electrons. The van der Waals surface area contributed by atoms with Gasteiger partial charge in [0.2, 0.25) is 0 Å². The molecule has 0 atom stereocenters. The molecule has 5 aromatic rings. The summed E-state index contributed by atoms with van der Waals surface area (Å²) in [6.45, 7) is 0. The zero-order chi connectivity index (χ0) is 18.4. The fourth-order valence-corrected chi connectivity index (χ4v) is 4.19. The number of ketones is 1. The Hall–Kier alpha value is -2.83. The Balaban J connectivity index is 1.44. The number of halogens is 1. The number of carbonyl (C=O) groups is 1. The maximum absolute atomic E-state index is 12.7. The normalized spacial score (nSPS) is 11.6. The number of para-hydroxylation sites is 2. The first-order valence-corrected chi connectivity index (χ1v) is 9.72. The number of hydrogen-bond donors (Lipinski definition) is 2. The highest BCUT2D eigenvalue weighted by Crippen LogP contribution is 2.31. The summed E-state index contributed by atoms with van der Waals surface area (Å²) >= 11 is 7.73. The molecule has 0 saturated carbocycles. The molecule has 27 heavy (non-hydrogen) atoms. The van der Waals surface area contributed by atoms with E-state index < -0.39 is 0 Å². The number of Topliss-reactive ketones (excluding diaryl/α,β-unsaturated/α-hetero) is 1. The van der Waals surface area contributed by atoms with Crippen LogP contribution in [-0.2, 0) is 0 Å². The Kier molecular flexibility index (Phi) is 3.88. The van der Waals surface area contributed by atoms with Crippen LogP contribution in [0.2, 0.25) is 5.02 Å². The van der Waals surface area contributed by atoms with Crippen LogP contribution in [0.25, 0.3) is 33.0 Å². The molecule has 7 heteroatoms. The summed E-state index contributed by atoms with van der Waals surface area (Å²) in [5, 5.41) is 3.11. The molecule has 0 aliphatic heterocycles. The molecule has 0 radical (unpaired) electrons. The van der Waals surface area contributed by atoms with Crippen molar-refractivity contribution in [2.24, 2.45) is 0 Å².